The molecule has 1 aliphatic heterocycles. The summed E-state index contributed by atoms with van der Waals surface area (Å²) in [6.07, 6.45) is 6.58. The highest BCUT2D eigenvalue weighted by molar-refractivity contribution is 5.86. The number of Topliss-reactive ketones (excluding diaryl/α,β-unsaturated/α-hetero) is 1. The second-order valence-corrected chi connectivity index (χ2v) is 6.38. The molecule has 17 heavy (non-hydrogen) atoms. The molecule has 3 nitrogen and oxygen atoms in total. The van der Waals surface area contributed by atoms with E-state index in [1.807, 2.05) is 13.8 Å². The average molecular weight is 239 g/mol. The summed E-state index contributed by atoms with van der Waals surface area (Å²) in [4.78, 5) is 12.5. The topological polar surface area (TPSA) is 52.3 Å². The number of carbonyl (C=O) groups is 1. The number of ketones is 1. The molecule has 0 amide bonds. The van der Waals surface area contributed by atoms with Crippen molar-refractivity contribution in [3.8, 4) is 0 Å². The minimum absolute atomic E-state index is 0.0310. The lowest BCUT2D eigenvalue weighted by Gasteiger charge is -2.39. The zero-order chi connectivity index (χ0) is 12.5. The normalized spacial score (nSPS) is 28.5. The standard InChI is InChI=1S/C14H25NO2/c1-13(2,10-15)12(16)11-5-8-17-14(9-11)6-3-4-7-14/h11H,3-10,15H2,1-2H3. The van der Waals surface area contributed by atoms with Gasteiger partial charge >= 0.3 is 0 Å². The lowest BCUT2D eigenvalue weighted by atomic mass is 9.74. The Labute approximate surface area is 104 Å². The Balaban J connectivity index is 2.04. The van der Waals surface area contributed by atoms with Crippen LogP contribution in [0.25, 0.3) is 0 Å². The Hall–Kier alpha value is -0.410. The lowest BCUT2D eigenvalue weighted by molar-refractivity contribution is -0.143. The monoisotopic (exact) mass is 239 g/mol. The first-order valence-electron chi connectivity index (χ1n) is 6.87. The summed E-state index contributed by atoms with van der Waals surface area (Å²) in [7, 11) is 0. The minimum Gasteiger partial charge on any atom is -0.375 e. The maximum atomic E-state index is 12.5. The van der Waals surface area contributed by atoms with Gasteiger partial charge in [-0.05, 0) is 25.7 Å². The number of rotatable bonds is 3. The Morgan fingerprint density at radius 2 is 2.06 bits per heavy atom. The molecule has 2 rings (SSSR count). The maximum Gasteiger partial charge on any atom is 0.143 e. The third-order valence-electron chi connectivity index (χ3n) is 4.56. The van der Waals surface area contributed by atoms with E-state index in [9.17, 15) is 4.79 Å². The number of carbonyl (C=O) groups excluding carboxylic acids is 1. The van der Waals surface area contributed by atoms with Crippen LogP contribution in [0.4, 0.5) is 0 Å². The number of nitrogens with two attached hydrogens (primary N) is 1. The van der Waals surface area contributed by atoms with Crippen LogP contribution in [-0.2, 0) is 9.53 Å². The Kier molecular flexibility index (Phi) is 3.60. The molecule has 1 saturated heterocycles. The molecule has 1 atom stereocenters. The van der Waals surface area contributed by atoms with Gasteiger partial charge in [0.25, 0.3) is 0 Å². The van der Waals surface area contributed by atoms with Gasteiger partial charge in [-0.15, -0.1) is 0 Å². The van der Waals surface area contributed by atoms with E-state index >= 15 is 0 Å². The van der Waals surface area contributed by atoms with Crippen molar-refractivity contribution in [3.63, 3.8) is 0 Å². The fourth-order valence-corrected chi connectivity index (χ4v) is 3.27. The largest absolute Gasteiger partial charge is 0.375 e. The van der Waals surface area contributed by atoms with Crippen LogP contribution in [0.15, 0.2) is 0 Å². The second-order valence-electron chi connectivity index (χ2n) is 6.38. The second kappa shape index (κ2) is 4.69. The molecule has 0 aromatic rings. The van der Waals surface area contributed by atoms with Crippen molar-refractivity contribution in [2.75, 3.05) is 13.2 Å². The molecule has 0 bridgehead atoms. The molecule has 1 heterocycles. The van der Waals surface area contributed by atoms with E-state index in [-0.39, 0.29) is 16.9 Å². The van der Waals surface area contributed by atoms with Gasteiger partial charge in [0.05, 0.1) is 5.60 Å². The highest BCUT2D eigenvalue weighted by atomic mass is 16.5. The molecule has 1 unspecified atom stereocenters. The highest BCUT2D eigenvalue weighted by Gasteiger charge is 2.44. The molecule has 0 aromatic heterocycles. The maximum absolute atomic E-state index is 12.5. The Morgan fingerprint density at radius 1 is 1.41 bits per heavy atom. The van der Waals surface area contributed by atoms with E-state index < -0.39 is 0 Å². The molecule has 1 saturated carbocycles. The van der Waals surface area contributed by atoms with Gasteiger partial charge in [0, 0.05) is 24.5 Å². The summed E-state index contributed by atoms with van der Waals surface area (Å²) < 4.78 is 5.97. The molecule has 0 aromatic carbocycles. The minimum atomic E-state index is -0.373. The van der Waals surface area contributed by atoms with Crippen LogP contribution in [0.2, 0.25) is 0 Å². The number of hydrogen-bond donors (Lipinski definition) is 1. The van der Waals surface area contributed by atoms with Crippen LogP contribution in [0.5, 0.6) is 0 Å². The Bertz CT molecular complexity index is 293. The fourth-order valence-electron chi connectivity index (χ4n) is 3.27. The van der Waals surface area contributed by atoms with Gasteiger partial charge in [-0.3, -0.25) is 4.79 Å². The summed E-state index contributed by atoms with van der Waals surface area (Å²) in [5.74, 6) is 0.509. The van der Waals surface area contributed by atoms with Crippen LogP contribution in [0.1, 0.15) is 52.4 Å². The van der Waals surface area contributed by atoms with Crippen LogP contribution < -0.4 is 5.73 Å². The molecule has 2 N–H and O–H groups in total. The average Bonchev–Trinajstić information content (AvgIpc) is 2.76. The summed E-state index contributed by atoms with van der Waals surface area (Å²) in [5, 5.41) is 0. The SMILES string of the molecule is CC(C)(CN)C(=O)C1CCOC2(CCCC2)C1. The summed E-state index contributed by atoms with van der Waals surface area (Å²) in [5.41, 5.74) is 5.36. The Morgan fingerprint density at radius 3 is 2.65 bits per heavy atom. The van der Waals surface area contributed by atoms with Gasteiger partial charge in [0.2, 0.25) is 0 Å². The quantitative estimate of drug-likeness (QED) is 0.822. The van der Waals surface area contributed by atoms with Crippen LogP contribution >= 0.6 is 0 Å². The summed E-state index contributed by atoms with van der Waals surface area (Å²) >= 11 is 0. The molecule has 1 spiro atoms. The van der Waals surface area contributed by atoms with Gasteiger partial charge in [-0.1, -0.05) is 26.7 Å². The predicted molar refractivity (Wildman–Crippen MR) is 67.7 cm³/mol. The van der Waals surface area contributed by atoms with Crippen LogP contribution in [-0.4, -0.2) is 24.5 Å². The predicted octanol–water partition coefficient (Wildman–Crippen LogP) is 2.28. The molecular formula is C14H25NO2. The van der Waals surface area contributed by atoms with E-state index in [4.69, 9.17) is 10.5 Å². The fraction of sp³-hybridized carbons (Fsp3) is 0.929. The van der Waals surface area contributed by atoms with E-state index in [2.05, 4.69) is 0 Å². The van der Waals surface area contributed by atoms with E-state index in [1.54, 1.807) is 0 Å². The molecule has 98 valence electrons. The van der Waals surface area contributed by atoms with E-state index in [1.165, 1.54) is 12.8 Å². The third-order valence-corrected chi connectivity index (χ3v) is 4.56. The first-order chi connectivity index (χ1) is 7.99. The zero-order valence-electron chi connectivity index (χ0n) is 11.1. The molecule has 2 fully saturated rings. The van der Waals surface area contributed by atoms with Gasteiger partial charge in [-0.25, -0.2) is 0 Å². The van der Waals surface area contributed by atoms with Gasteiger partial charge in [0.1, 0.15) is 5.78 Å². The smallest absolute Gasteiger partial charge is 0.143 e. The third kappa shape index (κ3) is 2.55. The molecular weight excluding hydrogens is 214 g/mol. The van der Waals surface area contributed by atoms with Crippen molar-refractivity contribution in [2.45, 2.75) is 58.0 Å². The van der Waals surface area contributed by atoms with Crippen molar-refractivity contribution >= 4 is 5.78 Å². The number of ether oxygens (including phenoxy) is 1. The van der Waals surface area contributed by atoms with E-state index in [0.717, 1.165) is 32.3 Å². The van der Waals surface area contributed by atoms with Gasteiger partial charge in [0.15, 0.2) is 0 Å². The van der Waals surface area contributed by atoms with Crippen molar-refractivity contribution in [2.24, 2.45) is 17.1 Å². The molecule has 3 heteroatoms. The number of hydrogen-bond acceptors (Lipinski definition) is 3. The highest BCUT2D eigenvalue weighted by Crippen LogP contribution is 2.43. The zero-order valence-corrected chi connectivity index (χ0v) is 11.1. The van der Waals surface area contributed by atoms with Crippen molar-refractivity contribution in [1.29, 1.82) is 0 Å². The molecule has 0 radical (unpaired) electrons. The van der Waals surface area contributed by atoms with E-state index in [0.29, 0.717) is 12.3 Å². The van der Waals surface area contributed by atoms with Gasteiger partial charge in [-0.2, -0.15) is 0 Å². The van der Waals surface area contributed by atoms with Crippen molar-refractivity contribution < 1.29 is 9.53 Å². The van der Waals surface area contributed by atoms with Gasteiger partial charge < -0.3 is 10.5 Å². The summed E-state index contributed by atoms with van der Waals surface area (Å²) in [6.45, 7) is 5.12. The lowest BCUT2D eigenvalue weighted by Crippen LogP contribution is -2.45. The first kappa shape index (κ1) is 13.0. The van der Waals surface area contributed by atoms with Crippen molar-refractivity contribution in [1.82, 2.24) is 0 Å². The summed E-state index contributed by atoms with van der Waals surface area (Å²) in [6, 6.07) is 0. The molecule has 1 aliphatic carbocycles. The van der Waals surface area contributed by atoms with Crippen LogP contribution in [0, 0.1) is 11.3 Å². The van der Waals surface area contributed by atoms with Crippen molar-refractivity contribution in [3.05, 3.63) is 0 Å². The molecule has 2 aliphatic rings. The van der Waals surface area contributed by atoms with Crippen LogP contribution in [0.3, 0.4) is 0 Å². The first-order valence-corrected chi connectivity index (χ1v) is 6.87.